The second-order valence-electron chi connectivity index (χ2n) is 7.20. The van der Waals surface area contributed by atoms with Gasteiger partial charge in [-0.15, -0.1) is 0 Å². The fourth-order valence-electron chi connectivity index (χ4n) is 2.74. The van der Waals surface area contributed by atoms with E-state index in [1.807, 2.05) is 24.7 Å². The van der Waals surface area contributed by atoms with Crippen LogP contribution in [0.1, 0.15) is 57.8 Å². The van der Waals surface area contributed by atoms with Crippen LogP contribution >= 0.6 is 0 Å². The van der Waals surface area contributed by atoms with Crippen molar-refractivity contribution in [1.82, 2.24) is 20.0 Å². The zero-order valence-electron chi connectivity index (χ0n) is 14.3. The second kappa shape index (κ2) is 6.28. The number of hydrogen-bond acceptors (Lipinski definition) is 3. The molecule has 0 aliphatic carbocycles. The van der Waals surface area contributed by atoms with E-state index in [1.165, 1.54) is 0 Å². The zero-order chi connectivity index (χ0) is 16.5. The largest absolute Gasteiger partial charge is 0.391 e. The number of aryl methyl sites for hydroxylation is 1. The van der Waals surface area contributed by atoms with Crippen LogP contribution in [0.4, 0.5) is 4.79 Å². The molecular weight excluding hydrogens is 280 g/mol. The molecule has 1 aliphatic rings. The van der Waals surface area contributed by atoms with Crippen molar-refractivity contribution < 1.29 is 9.90 Å². The number of likely N-dealkylation sites (tertiary alicyclic amines) is 1. The Balaban J connectivity index is 2.04. The average molecular weight is 308 g/mol. The summed E-state index contributed by atoms with van der Waals surface area (Å²) in [5, 5.41) is 17.2. The summed E-state index contributed by atoms with van der Waals surface area (Å²) in [4.78, 5) is 14.0. The first-order chi connectivity index (χ1) is 10.2. The van der Waals surface area contributed by atoms with Crippen LogP contribution in [-0.4, -0.2) is 45.0 Å². The minimum atomic E-state index is -0.403. The zero-order valence-corrected chi connectivity index (χ0v) is 14.3. The van der Waals surface area contributed by atoms with Gasteiger partial charge in [0.15, 0.2) is 0 Å². The Kier molecular flexibility index (Phi) is 4.80. The lowest BCUT2D eigenvalue weighted by Crippen LogP contribution is -2.47. The van der Waals surface area contributed by atoms with Crippen LogP contribution in [0.15, 0.2) is 6.20 Å². The Morgan fingerprint density at radius 2 is 2.18 bits per heavy atom. The SMILES string of the molecule is Cc1nn(C(C)(C)C)cc1[C@H](C)NC(=O)N1CCC[C@@H](O)C1. The number of piperidine rings is 1. The van der Waals surface area contributed by atoms with Gasteiger partial charge >= 0.3 is 6.03 Å². The highest BCUT2D eigenvalue weighted by atomic mass is 16.3. The number of rotatable bonds is 2. The molecule has 2 N–H and O–H groups in total. The molecule has 124 valence electrons. The van der Waals surface area contributed by atoms with Crippen molar-refractivity contribution in [2.75, 3.05) is 13.1 Å². The van der Waals surface area contributed by atoms with Crippen molar-refractivity contribution in [2.24, 2.45) is 0 Å². The Labute approximate surface area is 132 Å². The van der Waals surface area contributed by atoms with E-state index in [1.54, 1.807) is 4.90 Å². The Bertz CT molecular complexity index is 533. The molecule has 0 spiro atoms. The summed E-state index contributed by atoms with van der Waals surface area (Å²) in [7, 11) is 0. The molecule has 6 nitrogen and oxygen atoms in total. The van der Waals surface area contributed by atoms with E-state index in [-0.39, 0.29) is 17.6 Å². The fourth-order valence-corrected chi connectivity index (χ4v) is 2.74. The highest BCUT2D eigenvalue weighted by Crippen LogP contribution is 2.21. The topological polar surface area (TPSA) is 70.4 Å². The maximum atomic E-state index is 12.3. The number of urea groups is 1. The van der Waals surface area contributed by atoms with Crippen molar-refractivity contribution in [3.8, 4) is 0 Å². The molecule has 1 saturated heterocycles. The van der Waals surface area contributed by atoms with Gasteiger partial charge in [-0.05, 0) is 47.5 Å². The van der Waals surface area contributed by atoms with E-state index in [0.29, 0.717) is 13.1 Å². The lowest BCUT2D eigenvalue weighted by molar-refractivity contribution is 0.0835. The number of aliphatic hydroxyl groups is 1. The van der Waals surface area contributed by atoms with Gasteiger partial charge in [-0.25, -0.2) is 4.79 Å². The summed E-state index contributed by atoms with van der Waals surface area (Å²) in [5.41, 5.74) is 1.88. The predicted molar refractivity (Wildman–Crippen MR) is 85.7 cm³/mol. The van der Waals surface area contributed by atoms with Crippen LogP contribution in [0.5, 0.6) is 0 Å². The van der Waals surface area contributed by atoms with E-state index in [4.69, 9.17) is 0 Å². The third kappa shape index (κ3) is 3.80. The standard InChI is InChI=1S/C16H28N4O2/c1-11(14-10-20(16(3,4)5)18-12(14)2)17-15(22)19-8-6-7-13(21)9-19/h10-11,13,21H,6-9H2,1-5H3,(H,17,22)/t11-,13+/m0/s1. The Hall–Kier alpha value is -1.56. The molecule has 22 heavy (non-hydrogen) atoms. The van der Waals surface area contributed by atoms with Gasteiger partial charge < -0.3 is 15.3 Å². The maximum Gasteiger partial charge on any atom is 0.317 e. The minimum Gasteiger partial charge on any atom is -0.391 e. The van der Waals surface area contributed by atoms with Gasteiger partial charge in [0.05, 0.1) is 23.4 Å². The van der Waals surface area contributed by atoms with Gasteiger partial charge in [0.1, 0.15) is 0 Å². The number of aromatic nitrogens is 2. The molecule has 0 bridgehead atoms. The molecule has 0 radical (unpaired) electrons. The molecular formula is C16H28N4O2. The Morgan fingerprint density at radius 3 is 2.73 bits per heavy atom. The first kappa shape index (κ1) is 16.8. The lowest BCUT2D eigenvalue weighted by Gasteiger charge is -2.31. The monoisotopic (exact) mass is 308 g/mol. The van der Waals surface area contributed by atoms with Crippen LogP contribution in [0.3, 0.4) is 0 Å². The van der Waals surface area contributed by atoms with Crippen LogP contribution in [0, 0.1) is 6.92 Å². The third-order valence-electron chi connectivity index (χ3n) is 4.11. The minimum absolute atomic E-state index is 0.0796. The predicted octanol–water partition coefficient (Wildman–Crippen LogP) is 2.17. The van der Waals surface area contributed by atoms with E-state index in [2.05, 4.69) is 31.2 Å². The molecule has 1 aromatic heterocycles. The average Bonchev–Trinajstić information content (AvgIpc) is 2.81. The molecule has 1 aliphatic heterocycles. The maximum absolute atomic E-state index is 12.3. The van der Waals surface area contributed by atoms with Crippen molar-refractivity contribution in [3.05, 3.63) is 17.5 Å². The van der Waals surface area contributed by atoms with Gasteiger partial charge in [0.2, 0.25) is 0 Å². The van der Waals surface area contributed by atoms with Crippen molar-refractivity contribution >= 4 is 6.03 Å². The number of amides is 2. The first-order valence-corrected chi connectivity index (χ1v) is 7.98. The number of carbonyl (C=O) groups excluding carboxylic acids is 1. The first-order valence-electron chi connectivity index (χ1n) is 7.98. The van der Waals surface area contributed by atoms with Gasteiger partial charge in [0, 0.05) is 24.8 Å². The normalized spacial score (nSPS) is 20.8. The summed E-state index contributed by atoms with van der Waals surface area (Å²) >= 11 is 0. The van der Waals surface area contributed by atoms with E-state index in [9.17, 15) is 9.90 Å². The summed E-state index contributed by atoms with van der Waals surface area (Å²) < 4.78 is 1.94. The summed E-state index contributed by atoms with van der Waals surface area (Å²) in [6.45, 7) is 11.3. The van der Waals surface area contributed by atoms with E-state index >= 15 is 0 Å². The van der Waals surface area contributed by atoms with Crippen LogP contribution in [0.25, 0.3) is 0 Å². The molecule has 0 unspecified atom stereocenters. The summed E-state index contributed by atoms with van der Waals surface area (Å²) in [5.74, 6) is 0. The number of nitrogens with one attached hydrogen (secondary N) is 1. The van der Waals surface area contributed by atoms with E-state index in [0.717, 1.165) is 24.1 Å². The molecule has 2 atom stereocenters. The Morgan fingerprint density at radius 1 is 1.50 bits per heavy atom. The third-order valence-corrected chi connectivity index (χ3v) is 4.11. The quantitative estimate of drug-likeness (QED) is 0.879. The fraction of sp³-hybridized carbons (Fsp3) is 0.750. The van der Waals surface area contributed by atoms with Gasteiger partial charge in [-0.3, -0.25) is 4.68 Å². The van der Waals surface area contributed by atoms with Crippen LogP contribution < -0.4 is 5.32 Å². The highest BCUT2D eigenvalue weighted by Gasteiger charge is 2.25. The molecule has 2 rings (SSSR count). The molecule has 1 fully saturated rings. The molecule has 1 aromatic rings. The van der Waals surface area contributed by atoms with Gasteiger partial charge in [-0.1, -0.05) is 0 Å². The van der Waals surface area contributed by atoms with Crippen LogP contribution in [-0.2, 0) is 5.54 Å². The van der Waals surface area contributed by atoms with Crippen LogP contribution in [0.2, 0.25) is 0 Å². The number of nitrogens with zero attached hydrogens (tertiary/aromatic N) is 3. The molecule has 0 saturated carbocycles. The van der Waals surface area contributed by atoms with Crippen molar-refractivity contribution in [2.45, 2.75) is 65.1 Å². The number of carbonyl (C=O) groups is 1. The number of β-amino-alcohol motifs (C(OH)–C–C–N with tert-alkyl or cyclic N) is 1. The molecule has 0 aromatic carbocycles. The molecule has 6 heteroatoms. The van der Waals surface area contributed by atoms with Gasteiger partial charge in [-0.2, -0.15) is 5.10 Å². The molecule has 2 heterocycles. The lowest BCUT2D eigenvalue weighted by atomic mass is 10.1. The second-order valence-corrected chi connectivity index (χ2v) is 7.20. The molecule has 2 amide bonds. The van der Waals surface area contributed by atoms with Gasteiger partial charge in [0.25, 0.3) is 0 Å². The summed E-state index contributed by atoms with van der Waals surface area (Å²) in [6, 6.07) is -0.225. The van der Waals surface area contributed by atoms with Crippen molar-refractivity contribution in [3.63, 3.8) is 0 Å². The number of aliphatic hydroxyl groups excluding tert-OH is 1. The summed E-state index contributed by atoms with van der Waals surface area (Å²) in [6.07, 6.45) is 3.23. The highest BCUT2D eigenvalue weighted by molar-refractivity contribution is 5.74. The number of hydrogen-bond donors (Lipinski definition) is 2. The smallest absolute Gasteiger partial charge is 0.317 e. The van der Waals surface area contributed by atoms with Crippen molar-refractivity contribution in [1.29, 1.82) is 0 Å². The van der Waals surface area contributed by atoms with E-state index < -0.39 is 6.10 Å².